The van der Waals surface area contributed by atoms with Crippen LogP contribution in [0.25, 0.3) is 22.3 Å². The highest BCUT2D eigenvalue weighted by Crippen LogP contribution is 2.36. The summed E-state index contributed by atoms with van der Waals surface area (Å²) in [4.78, 5) is 19.8. The van der Waals surface area contributed by atoms with Gasteiger partial charge in [0.05, 0.1) is 17.9 Å². The molecule has 4 rings (SSSR count). The Hall–Kier alpha value is -2.50. The third-order valence-corrected chi connectivity index (χ3v) is 5.05. The molecule has 1 aliphatic rings. The Kier molecular flexibility index (Phi) is 3.88. The number of rotatable bonds is 5. The fourth-order valence-electron chi connectivity index (χ4n) is 3.83. The van der Waals surface area contributed by atoms with Crippen LogP contribution >= 0.6 is 0 Å². The Morgan fingerprint density at radius 2 is 2.17 bits per heavy atom. The molecule has 6 heteroatoms. The molecule has 3 heterocycles. The largest absolute Gasteiger partial charge is 0.331 e. The summed E-state index contributed by atoms with van der Waals surface area (Å²) in [5, 5.41) is 5.50. The van der Waals surface area contributed by atoms with Gasteiger partial charge in [-0.3, -0.25) is 4.68 Å². The van der Waals surface area contributed by atoms with Crippen molar-refractivity contribution in [3.05, 3.63) is 38.0 Å². The van der Waals surface area contributed by atoms with Crippen LogP contribution in [-0.2, 0) is 4.79 Å². The van der Waals surface area contributed by atoms with E-state index >= 15 is 0 Å². The first-order valence-electron chi connectivity index (χ1n) is 8.39. The summed E-state index contributed by atoms with van der Waals surface area (Å²) in [6, 6.07) is 2.11. The minimum Gasteiger partial charge on any atom is -0.331 e. The van der Waals surface area contributed by atoms with Crippen molar-refractivity contribution in [3.63, 3.8) is 0 Å². The summed E-state index contributed by atoms with van der Waals surface area (Å²) < 4.78 is 3.69. The number of aromatic nitrogens is 5. The topological polar surface area (TPSA) is 65.6 Å². The highest BCUT2D eigenvalue weighted by molar-refractivity contribution is 5.90. The van der Waals surface area contributed by atoms with Crippen LogP contribution in [-0.4, -0.2) is 30.6 Å². The number of hydrogen-bond donors (Lipinski definition) is 0. The van der Waals surface area contributed by atoms with E-state index in [1.165, 1.54) is 25.7 Å². The summed E-state index contributed by atoms with van der Waals surface area (Å²) in [5.74, 6) is 0.536. The number of fused-ring (bicyclic) bond motifs is 1. The molecule has 123 valence electrons. The number of carbonyl (C=O) groups excluding carboxylic acids is 1. The third-order valence-electron chi connectivity index (χ3n) is 5.05. The quantitative estimate of drug-likeness (QED) is 0.676. The first-order chi connectivity index (χ1) is 11.8. The van der Waals surface area contributed by atoms with Crippen molar-refractivity contribution in [2.75, 3.05) is 0 Å². The minimum atomic E-state index is 0.147. The molecule has 0 unspecified atom stereocenters. The molecule has 3 aromatic heterocycles. The van der Waals surface area contributed by atoms with Gasteiger partial charge < -0.3 is 9.36 Å². The molecule has 1 atom stereocenters. The Morgan fingerprint density at radius 1 is 1.33 bits per heavy atom. The van der Waals surface area contributed by atoms with Gasteiger partial charge in [0, 0.05) is 36.8 Å². The van der Waals surface area contributed by atoms with Gasteiger partial charge in [-0.2, -0.15) is 5.10 Å². The summed E-state index contributed by atoms with van der Waals surface area (Å²) in [6.07, 6.45) is 13.6. The Bertz CT molecular complexity index is 859. The molecule has 1 saturated carbocycles. The molecule has 0 aliphatic heterocycles. The molecule has 1 radical (unpaired) electrons. The van der Waals surface area contributed by atoms with Crippen molar-refractivity contribution >= 4 is 17.3 Å². The van der Waals surface area contributed by atoms with E-state index in [4.69, 9.17) is 0 Å². The van der Waals surface area contributed by atoms with Gasteiger partial charge in [0.2, 0.25) is 0 Å². The highest BCUT2D eigenvalue weighted by Gasteiger charge is 2.27. The Labute approximate surface area is 140 Å². The van der Waals surface area contributed by atoms with Crippen molar-refractivity contribution in [2.24, 2.45) is 5.92 Å². The second-order valence-electron chi connectivity index (χ2n) is 6.47. The molecule has 0 bridgehead atoms. The number of aldehydes is 1. The predicted molar refractivity (Wildman–Crippen MR) is 91.2 cm³/mol. The van der Waals surface area contributed by atoms with Crippen LogP contribution in [0.1, 0.15) is 38.1 Å². The van der Waals surface area contributed by atoms with Crippen molar-refractivity contribution in [2.45, 2.75) is 38.1 Å². The lowest BCUT2D eigenvalue weighted by Gasteiger charge is -2.21. The van der Waals surface area contributed by atoms with E-state index in [1.807, 2.05) is 29.3 Å². The molecule has 3 aromatic rings. The molecule has 6 nitrogen and oxygen atoms in total. The molecule has 1 fully saturated rings. The summed E-state index contributed by atoms with van der Waals surface area (Å²) in [6.45, 7) is 0. The maximum absolute atomic E-state index is 11.1. The lowest BCUT2D eigenvalue weighted by atomic mass is 9.96. The lowest BCUT2D eigenvalue weighted by Crippen LogP contribution is -2.18. The van der Waals surface area contributed by atoms with Crippen LogP contribution in [0.15, 0.2) is 31.0 Å². The second-order valence-corrected chi connectivity index (χ2v) is 6.47. The Morgan fingerprint density at radius 3 is 2.96 bits per heavy atom. The Balaban J connectivity index is 1.71. The molecule has 0 amide bonds. The van der Waals surface area contributed by atoms with Gasteiger partial charge in [0.1, 0.15) is 18.3 Å². The fraction of sp³-hybridized carbons (Fsp3) is 0.389. The summed E-state index contributed by atoms with van der Waals surface area (Å²) in [5.41, 5.74) is 2.60. The monoisotopic (exact) mass is 322 g/mol. The zero-order valence-electron chi connectivity index (χ0n) is 13.5. The van der Waals surface area contributed by atoms with Crippen LogP contribution in [0.4, 0.5) is 0 Å². The first kappa shape index (κ1) is 15.1. The van der Waals surface area contributed by atoms with E-state index in [-0.39, 0.29) is 6.04 Å². The van der Waals surface area contributed by atoms with Crippen molar-refractivity contribution in [3.8, 4) is 11.3 Å². The molecule has 24 heavy (non-hydrogen) atoms. The van der Waals surface area contributed by atoms with E-state index < -0.39 is 0 Å². The van der Waals surface area contributed by atoms with Gasteiger partial charge >= 0.3 is 0 Å². The standard InChI is InChI=1S/C18H20N5O/c1-22-8-6-15-17(19-12-20-18(15)22)14-10-21-23(11-14)16(7-9-24)13-4-2-3-5-13/h6,8-13,16H,1-5,7H2/t16-/m1/s1. The van der Waals surface area contributed by atoms with Gasteiger partial charge in [0.15, 0.2) is 0 Å². The van der Waals surface area contributed by atoms with Gasteiger partial charge in [-0.05, 0) is 24.8 Å². The van der Waals surface area contributed by atoms with Gasteiger partial charge in [-0.1, -0.05) is 12.8 Å². The maximum Gasteiger partial charge on any atom is 0.143 e. The predicted octanol–water partition coefficient (Wildman–Crippen LogP) is 3.25. The smallest absolute Gasteiger partial charge is 0.143 e. The first-order valence-corrected chi connectivity index (χ1v) is 8.39. The SMILES string of the molecule is [CH2]n1ccc2c(-c3cnn([C@H](CC=O)C4CCCC4)c3)ncnc21. The van der Waals surface area contributed by atoms with Gasteiger partial charge in [-0.25, -0.2) is 9.97 Å². The average Bonchev–Trinajstić information content (AvgIpc) is 3.34. The summed E-state index contributed by atoms with van der Waals surface area (Å²) >= 11 is 0. The number of carbonyl (C=O) groups is 1. The van der Waals surface area contributed by atoms with E-state index in [1.54, 1.807) is 10.9 Å². The minimum absolute atomic E-state index is 0.147. The van der Waals surface area contributed by atoms with Crippen LogP contribution in [0.5, 0.6) is 0 Å². The molecule has 0 N–H and O–H groups in total. The van der Waals surface area contributed by atoms with Crippen LogP contribution in [0, 0.1) is 13.0 Å². The van der Waals surface area contributed by atoms with E-state index in [0.717, 1.165) is 28.6 Å². The van der Waals surface area contributed by atoms with E-state index in [9.17, 15) is 4.79 Å². The van der Waals surface area contributed by atoms with E-state index in [0.29, 0.717) is 12.3 Å². The van der Waals surface area contributed by atoms with Gasteiger partial charge in [-0.15, -0.1) is 0 Å². The van der Waals surface area contributed by atoms with Crippen molar-refractivity contribution < 1.29 is 4.79 Å². The highest BCUT2D eigenvalue weighted by atomic mass is 16.1. The molecule has 0 spiro atoms. The zero-order chi connectivity index (χ0) is 16.5. The van der Waals surface area contributed by atoms with E-state index in [2.05, 4.69) is 22.1 Å². The maximum atomic E-state index is 11.1. The zero-order valence-corrected chi connectivity index (χ0v) is 13.5. The van der Waals surface area contributed by atoms with Crippen LogP contribution in [0.3, 0.4) is 0 Å². The summed E-state index contributed by atoms with van der Waals surface area (Å²) in [7, 11) is 3.92. The lowest BCUT2D eigenvalue weighted by molar-refractivity contribution is -0.108. The van der Waals surface area contributed by atoms with Gasteiger partial charge in [0.25, 0.3) is 0 Å². The molecule has 0 aromatic carbocycles. The molecular formula is C18H20N5O. The average molecular weight is 322 g/mol. The van der Waals surface area contributed by atoms with Crippen molar-refractivity contribution in [1.29, 1.82) is 0 Å². The molecule has 1 aliphatic carbocycles. The third kappa shape index (κ3) is 2.52. The van der Waals surface area contributed by atoms with Crippen molar-refractivity contribution in [1.82, 2.24) is 24.3 Å². The number of hydrogen-bond acceptors (Lipinski definition) is 4. The second kappa shape index (κ2) is 6.19. The van der Waals surface area contributed by atoms with Crippen LogP contribution < -0.4 is 0 Å². The van der Waals surface area contributed by atoms with Crippen LogP contribution in [0.2, 0.25) is 0 Å². The number of nitrogens with zero attached hydrogens (tertiary/aromatic N) is 5. The molecule has 0 saturated heterocycles. The fourth-order valence-corrected chi connectivity index (χ4v) is 3.83. The molecular weight excluding hydrogens is 302 g/mol. The normalized spacial score (nSPS) is 16.7.